The summed E-state index contributed by atoms with van der Waals surface area (Å²) in [6, 6.07) is 5.28. The van der Waals surface area contributed by atoms with Crippen LogP contribution in [0.4, 0.5) is 0 Å². The van der Waals surface area contributed by atoms with Gasteiger partial charge in [-0.05, 0) is 48.8 Å². The van der Waals surface area contributed by atoms with E-state index < -0.39 is 14.3 Å². The molecular weight excluding hydrogens is 244 g/mol. The van der Waals surface area contributed by atoms with Gasteiger partial charge in [0.05, 0.1) is 5.56 Å². The Balaban J connectivity index is 3.27. The summed E-state index contributed by atoms with van der Waals surface area (Å²) >= 11 is 0. The van der Waals surface area contributed by atoms with Gasteiger partial charge in [-0.15, -0.1) is 0 Å². The van der Waals surface area contributed by atoms with Crippen LogP contribution in [0.3, 0.4) is 0 Å². The van der Waals surface area contributed by atoms with Gasteiger partial charge < -0.3 is 9.53 Å². The first kappa shape index (κ1) is 14.8. The molecule has 1 aromatic carbocycles. The number of benzene rings is 1. The van der Waals surface area contributed by atoms with E-state index >= 15 is 0 Å². The van der Waals surface area contributed by atoms with Gasteiger partial charge in [0.1, 0.15) is 5.75 Å². The summed E-state index contributed by atoms with van der Waals surface area (Å²) in [4.78, 5) is 11.2. The predicted molar refractivity (Wildman–Crippen MR) is 76.1 cm³/mol. The first-order valence-electron chi connectivity index (χ1n) is 6.07. The quantitative estimate of drug-likeness (QED) is 0.844. The van der Waals surface area contributed by atoms with Crippen molar-refractivity contribution in [3.63, 3.8) is 0 Å². The van der Waals surface area contributed by atoms with Gasteiger partial charge in [-0.25, -0.2) is 4.79 Å². The number of carbonyl (C=O) groups is 1. The number of hydrogen-bond donors (Lipinski definition) is 1. The number of aromatic carboxylic acids is 1. The highest BCUT2D eigenvalue weighted by Gasteiger charge is 2.21. The van der Waals surface area contributed by atoms with Gasteiger partial charge in [0.2, 0.25) is 8.32 Å². The van der Waals surface area contributed by atoms with Gasteiger partial charge in [0.15, 0.2) is 0 Å². The second-order valence-electron chi connectivity index (χ2n) is 6.52. The molecule has 0 saturated heterocycles. The highest BCUT2D eigenvalue weighted by atomic mass is 28.4. The highest BCUT2D eigenvalue weighted by molar-refractivity contribution is 6.70. The lowest BCUT2D eigenvalue weighted by Gasteiger charge is -2.24. The van der Waals surface area contributed by atoms with Gasteiger partial charge in [-0.3, -0.25) is 0 Å². The third kappa shape index (κ3) is 4.18. The molecule has 0 amide bonds. The fourth-order valence-corrected chi connectivity index (χ4v) is 2.39. The Kier molecular flexibility index (Phi) is 3.91. The number of carboxylic acid groups (broad SMARTS) is 1. The molecule has 18 heavy (non-hydrogen) atoms. The topological polar surface area (TPSA) is 46.5 Å². The predicted octanol–water partition coefficient (Wildman–Crippen LogP) is 3.90. The van der Waals surface area contributed by atoms with E-state index in [0.717, 1.165) is 5.56 Å². The average Bonchev–Trinajstić information content (AvgIpc) is 2.12. The molecule has 0 spiro atoms. The first-order chi connectivity index (χ1) is 7.99. The van der Waals surface area contributed by atoms with Crippen LogP contribution in [0.15, 0.2) is 18.2 Å². The second kappa shape index (κ2) is 4.76. The number of hydrogen-bond acceptors (Lipinski definition) is 2. The lowest BCUT2D eigenvalue weighted by molar-refractivity contribution is 0.0696. The summed E-state index contributed by atoms with van der Waals surface area (Å²) in [7, 11) is -1.73. The van der Waals surface area contributed by atoms with Crippen LogP contribution >= 0.6 is 0 Å². The van der Waals surface area contributed by atoms with Crippen LogP contribution in [0.25, 0.3) is 0 Å². The minimum absolute atomic E-state index is 0.0942. The van der Waals surface area contributed by atoms with Crippen molar-refractivity contribution in [2.75, 3.05) is 0 Å². The van der Waals surface area contributed by atoms with E-state index in [-0.39, 0.29) is 11.0 Å². The molecule has 0 aliphatic carbocycles. The second-order valence-corrected chi connectivity index (χ2v) is 10.9. The molecule has 0 aliphatic heterocycles. The fourth-order valence-electron chi connectivity index (χ4n) is 1.57. The molecule has 100 valence electrons. The molecule has 1 N–H and O–H groups in total. The fraction of sp³-hybridized carbons (Fsp3) is 0.500. The zero-order valence-corrected chi connectivity index (χ0v) is 13.0. The maximum absolute atomic E-state index is 11.2. The standard InChI is InChI=1S/C14H22O3Si/c1-14(2,3)11-7-10(13(15)16)8-12(9-11)17-18(4,5)6/h7-9H,1-6H3,(H,15,16). The molecule has 1 aromatic rings. The Bertz CT molecular complexity index is 453. The summed E-state index contributed by atoms with van der Waals surface area (Å²) < 4.78 is 5.90. The summed E-state index contributed by atoms with van der Waals surface area (Å²) in [6.07, 6.45) is 0. The summed E-state index contributed by atoms with van der Waals surface area (Å²) in [5.41, 5.74) is 1.18. The van der Waals surface area contributed by atoms with E-state index in [1.807, 2.05) is 6.07 Å². The van der Waals surface area contributed by atoms with Crippen LogP contribution in [-0.4, -0.2) is 19.4 Å². The Morgan fingerprint density at radius 2 is 1.72 bits per heavy atom. The van der Waals surface area contributed by atoms with Crippen molar-refractivity contribution >= 4 is 14.3 Å². The van der Waals surface area contributed by atoms with E-state index in [1.54, 1.807) is 12.1 Å². The van der Waals surface area contributed by atoms with E-state index in [2.05, 4.69) is 40.4 Å². The van der Waals surface area contributed by atoms with E-state index in [1.165, 1.54) is 0 Å². The zero-order chi connectivity index (χ0) is 14.1. The van der Waals surface area contributed by atoms with Gasteiger partial charge in [0.25, 0.3) is 0 Å². The Morgan fingerprint density at radius 1 is 1.17 bits per heavy atom. The molecule has 0 radical (unpaired) electrons. The number of carboxylic acids is 1. The van der Waals surface area contributed by atoms with E-state index in [0.29, 0.717) is 5.75 Å². The molecular formula is C14H22O3Si. The smallest absolute Gasteiger partial charge is 0.335 e. The SMILES string of the molecule is CC(C)(C)c1cc(O[Si](C)(C)C)cc(C(=O)O)c1. The van der Waals surface area contributed by atoms with Crippen molar-refractivity contribution in [2.45, 2.75) is 45.8 Å². The monoisotopic (exact) mass is 266 g/mol. The molecule has 0 bridgehead atoms. The minimum Gasteiger partial charge on any atom is -0.544 e. The largest absolute Gasteiger partial charge is 0.544 e. The van der Waals surface area contributed by atoms with Gasteiger partial charge in [-0.2, -0.15) is 0 Å². The van der Waals surface area contributed by atoms with Crippen molar-refractivity contribution in [3.05, 3.63) is 29.3 Å². The summed E-state index contributed by atoms with van der Waals surface area (Å²) in [5, 5.41) is 9.15. The van der Waals surface area contributed by atoms with Gasteiger partial charge in [0, 0.05) is 0 Å². The third-order valence-corrected chi connectivity index (χ3v) is 3.29. The van der Waals surface area contributed by atoms with E-state index in [4.69, 9.17) is 9.53 Å². The van der Waals surface area contributed by atoms with Crippen molar-refractivity contribution < 1.29 is 14.3 Å². The molecule has 0 aliphatic rings. The maximum Gasteiger partial charge on any atom is 0.335 e. The summed E-state index contributed by atoms with van der Waals surface area (Å²) in [6.45, 7) is 12.4. The Morgan fingerprint density at radius 3 is 2.11 bits per heavy atom. The zero-order valence-electron chi connectivity index (χ0n) is 12.0. The molecule has 3 nitrogen and oxygen atoms in total. The van der Waals surface area contributed by atoms with Crippen LogP contribution in [0.1, 0.15) is 36.7 Å². The first-order valence-corrected chi connectivity index (χ1v) is 9.48. The minimum atomic E-state index is -1.73. The van der Waals surface area contributed by atoms with Crippen molar-refractivity contribution in [1.82, 2.24) is 0 Å². The molecule has 0 saturated carbocycles. The molecule has 0 heterocycles. The molecule has 0 unspecified atom stereocenters. The molecule has 0 fully saturated rings. The van der Waals surface area contributed by atoms with Crippen molar-refractivity contribution in [3.8, 4) is 5.75 Å². The Hall–Kier alpha value is -1.29. The highest BCUT2D eigenvalue weighted by Crippen LogP contribution is 2.29. The van der Waals surface area contributed by atoms with Crippen LogP contribution in [0.2, 0.25) is 19.6 Å². The molecule has 0 aromatic heterocycles. The normalized spacial score (nSPS) is 12.3. The van der Waals surface area contributed by atoms with Gasteiger partial charge in [-0.1, -0.05) is 20.8 Å². The third-order valence-electron chi connectivity index (χ3n) is 2.44. The molecule has 4 heteroatoms. The maximum atomic E-state index is 11.2. The van der Waals surface area contributed by atoms with Crippen LogP contribution in [0, 0.1) is 0 Å². The van der Waals surface area contributed by atoms with Gasteiger partial charge >= 0.3 is 5.97 Å². The molecule has 0 atom stereocenters. The lowest BCUT2D eigenvalue weighted by Crippen LogP contribution is -2.29. The van der Waals surface area contributed by atoms with Crippen LogP contribution in [-0.2, 0) is 5.41 Å². The lowest BCUT2D eigenvalue weighted by atomic mass is 9.86. The van der Waals surface area contributed by atoms with Crippen LogP contribution in [0.5, 0.6) is 5.75 Å². The average molecular weight is 266 g/mol. The van der Waals surface area contributed by atoms with Crippen molar-refractivity contribution in [1.29, 1.82) is 0 Å². The Labute approximate surface area is 110 Å². The number of rotatable bonds is 3. The summed E-state index contributed by atoms with van der Waals surface area (Å²) in [5.74, 6) is -0.250. The van der Waals surface area contributed by atoms with E-state index in [9.17, 15) is 4.79 Å². The molecule has 1 rings (SSSR count). The van der Waals surface area contributed by atoms with Crippen LogP contribution < -0.4 is 4.43 Å². The van der Waals surface area contributed by atoms with Crippen molar-refractivity contribution in [2.24, 2.45) is 0 Å².